The van der Waals surface area contributed by atoms with Gasteiger partial charge in [0.25, 0.3) is 0 Å². The largest absolute Gasteiger partial charge is 0.480 e. The van der Waals surface area contributed by atoms with Crippen LogP contribution in [0.4, 0.5) is 5.13 Å². The van der Waals surface area contributed by atoms with E-state index in [2.05, 4.69) is 48.4 Å². The van der Waals surface area contributed by atoms with Crippen molar-refractivity contribution in [3.05, 3.63) is 40.3 Å². The minimum atomic E-state index is 0.291. The van der Waals surface area contributed by atoms with E-state index in [0.29, 0.717) is 11.9 Å². The average Bonchev–Trinajstić information content (AvgIpc) is 2.88. The highest BCUT2D eigenvalue weighted by Crippen LogP contribution is 2.30. The quantitative estimate of drug-likeness (QED) is 0.888. The second-order valence-electron chi connectivity index (χ2n) is 5.34. The van der Waals surface area contributed by atoms with Gasteiger partial charge in [-0.15, -0.1) is 0 Å². The van der Waals surface area contributed by atoms with Gasteiger partial charge in [0.2, 0.25) is 5.88 Å². The van der Waals surface area contributed by atoms with E-state index in [0.717, 1.165) is 16.6 Å². The Morgan fingerprint density at radius 3 is 2.76 bits per heavy atom. The number of methoxy groups -OCH3 is 1. The number of anilines is 1. The maximum Gasteiger partial charge on any atom is 0.230 e. The number of benzene rings is 1. The summed E-state index contributed by atoms with van der Waals surface area (Å²) in [7, 11) is 5.65. The molecule has 0 saturated heterocycles. The number of aromatic nitrogens is 1. The molecule has 114 valence electrons. The number of hydrogen-bond donors (Lipinski definition) is 1. The van der Waals surface area contributed by atoms with Crippen molar-refractivity contribution in [2.45, 2.75) is 26.4 Å². The molecular weight excluding hydrogens is 282 g/mol. The first-order valence-electron chi connectivity index (χ1n) is 7.02. The van der Waals surface area contributed by atoms with E-state index in [9.17, 15) is 0 Å². The molecule has 0 unspecified atom stereocenters. The van der Waals surface area contributed by atoms with Crippen molar-refractivity contribution in [3.8, 4) is 5.88 Å². The summed E-state index contributed by atoms with van der Waals surface area (Å²) < 4.78 is 5.37. The Labute approximate surface area is 130 Å². The monoisotopic (exact) mass is 305 g/mol. The molecule has 1 aromatic heterocycles. The molecule has 5 heteroatoms. The van der Waals surface area contributed by atoms with Gasteiger partial charge >= 0.3 is 0 Å². The Morgan fingerprint density at radius 2 is 2.14 bits per heavy atom. The fourth-order valence-electron chi connectivity index (χ4n) is 2.09. The maximum absolute atomic E-state index is 5.37. The molecule has 0 amide bonds. The molecule has 2 aromatic rings. The Kier molecular flexibility index (Phi) is 5.20. The van der Waals surface area contributed by atoms with Gasteiger partial charge in [0, 0.05) is 26.7 Å². The lowest BCUT2D eigenvalue weighted by Gasteiger charge is -2.14. The molecule has 0 fully saturated rings. The Balaban J connectivity index is 2.05. The fourth-order valence-corrected chi connectivity index (χ4v) is 2.99. The summed E-state index contributed by atoms with van der Waals surface area (Å²) in [6.45, 7) is 5.05. The van der Waals surface area contributed by atoms with Crippen LogP contribution in [-0.4, -0.2) is 26.2 Å². The second-order valence-corrected chi connectivity index (χ2v) is 6.40. The Bertz CT molecular complexity index is 595. The third-order valence-corrected chi connectivity index (χ3v) is 4.54. The molecule has 0 bridgehead atoms. The number of ether oxygens (including phenoxy) is 1. The maximum atomic E-state index is 5.37. The van der Waals surface area contributed by atoms with Gasteiger partial charge in [-0.3, -0.25) is 0 Å². The van der Waals surface area contributed by atoms with E-state index in [1.54, 1.807) is 18.4 Å². The van der Waals surface area contributed by atoms with E-state index in [1.807, 2.05) is 19.0 Å². The van der Waals surface area contributed by atoms with Crippen LogP contribution in [0.1, 0.15) is 29.0 Å². The van der Waals surface area contributed by atoms with Crippen molar-refractivity contribution >= 4 is 16.5 Å². The molecule has 0 aliphatic heterocycles. The smallest absolute Gasteiger partial charge is 0.230 e. The first kappa shape index (κ1) is 15.8. The Hall–Kier alpha value is -1.59. The van der Waals surface area contributed by atoms with Gasteiger partial charge in [-0.1, -0.05) is 41.2 Å². The lowest BCUT2D eigenvalue weighted by molar-refractivity contribution is 0.393. The van der Waals surface area contributed by atoms with Crippen LogP contribution in [0.2, 0.25) is 0 Å². The molecule has 0 radical (unpaired) electrons. The van der Waals surface area contributed by atoms with Crippen molar-refractivity contribution in [2.75, 3.05) is 26.1 Å². The topological polar surface area (TPSA) is 37.4 Å². The van der Waals surface area contributed by atoms with Crippen LogP contribution in [0, 0.1) is 6.92 Å². The number of aryl methyl sites for hydroxylation is 1. The molecule has 21 heavy (non-hydrogen) atoms. The van der Waals surface area contributed by atoms with Gasteiger partial charge in [-0.25, -0.2) is 0 Å². The summed E-state index contributed by atoms with van der Waals surface area (Å²) in [6, 6.07) is 8.87. The molecule has 1 N–H and O–H groups in total. The molecule has 0 aliphatic rings. The molecule has 1 heterocycles. The van der Waals surface area contributed by atoms with Gasteiger partial charge in [0.1, 0.15) is 0 Å². The van der Waals surface area contributed by atoms with Crippen molar-refractivity contribution in [2.24, 2.45) is 0 Å². The summed E-state index contributed by atoms with van der Waals surface area (Å²) in [5.41, 5.74) is 2.58. The average molecular weight is 305 g/mol. The highest BCUT2D eigenvalue weighted by molar-refractivity contribution is 7.15. The zero-order chi connectivity index (χ0) is 15.4. The third kappa shape index (κ3) is 3.95. The first-order chi connectivity index (χ1) is 10.0. The minimum absolute atomic E-state index is 0.291. The first-order valence-corrected chi connectivity index (χ1v) is 7.84. The van der Waals surface area contributed by atoms with E-state index in [4.69, 9.17) is 4.74 Å². The van der Waals surface area contributed by atoms with E-state index >= 15 is 0 Å². The molecule has 0 aliphatic carbocycles. The normalized spacial score (nSPS) is 12.2. The SMILES string of the molecule is COc1nc(N(C)C)sc1CN[C@H](C)c1cccc(C)c1. The summed E-state index contributed by atoms with van der Waals surface area (Å²) in [5, 5.41) is 4.51. The molecule has 0 spiro atoms. The van der Waals surface area contributed by atoms with E-state index < -0.39 is 0 Å². The van der Waals surface area contributed by atoms with Crippen LogP contribution in [0.15, 0.2) is 24.3 Å². The van der Waals surface area contributed by atoms with Crippen molar-refractivity contribution in [3.63, 3.8) is 0 Å². The van der Waals surface area contributed by atoms with Crippen LogP contribution in [0.3, 0.4) is 0 Å². The predicted octanol–water partition coefficient (Wildman–Crippen LogP) is 3.38. The molecule has 1 atom stereocenters. The fraction of sp³-hybridized carbons (Fsp3) is 0.438. The summed E-state index contributed by atoms with van der Waals surface area (Å²) >= 11 is 1.66. The lowest BCUT2D eigenvalue weighted by atomic mass is 10.1. The molecule has 0 saturated carbocycles. The van der Waals surface area contributed by atoms with Crippen LogP contribution in [-0.2, 0) is 6.54 Å². The zero-order valence-electron chi connectivity index (χ0n) is 13.3. The second kappa shape index (κ2) is 6.91. The number of thiazole rings is 1. The molecular formula is C16H23N3OS. The van der Waals surface area contributed by atoms with Crippen molar-refractivity contribution in [1.29, 1.82) is 0 Å². The molecule has 4 nitrogen and oxygen atoms in total. The molecule has 2 rings (SSSR count). The van der Waals surface area contributed by atoms with Crippen LogP contribution in [0.25, 0.3) is 0 Å². The van der Waals surface area contributed by atoms with Crippen LogP contribution >= 0.6 is 11.3 Å². The van der Waals surface area contributed by atoms with Crippen molar-refractivity contribution in [1.82, 2.24) is 10.3 Å². The summed E-state index contributed by atoms with van der Waals surface area (Å²) in [4.78, 5) is 7.60. The van der Waals surface area contributed by atoms with Gasteiger partial charge in [-0.05, 0) is 19.4 Å². The lowest BCUT2D eigenvalue weighted by Crippen LogP contribution is -2.17. The zero-order valence-corrected chi connectivity index (χ0v) is 14.1. The minimum Gasteiger partial charge on any atom is -0.480 e. The van der Waals surface area contributed by atoms with E-state index in [1.165, 1.54) is 11.1 Å². The van der Waals surface area contributed by atoms with Gasteiger partial charge in [-0.2, -0.15) is 4.98 Å². The van der Waals surface area contributed by atoms with Gasteiger partial charge in [0.05, 0.1) is 12.0 Å². The highest BCUT2D eigenvalue weighted by atomic mass is 32.1. The summed E-state index contributed by atoms with van der Waals surface area (Å²) in [6.07, 6.45) is 0. The number of nitrogens with one attached hydrogen (secondary N) is 1. The van der Waals surface area contributed by atoms with Crippen molar-refractivity contribution < 1.29 is 4.74 Å². The summed E-state index contributed by atoms with van der Waals surface area (Å²) in [5.74, 6) is 0.715. The van der Waals surface area contributed by atoms with E-state index in [-0.39, 0.29) is 0 Å². The van der Waals surface area contributed by atoms with Crippen LogP contribution in [0.5, 0.6) is 5.88 Å². The van der Waals surface area contributed by atoms with Crippen LogP contribution < -0.4 is 15.0 Å². The Morgan fingerprint density at radius 1 is 1.38 bits per heavy atom. The van der Waals surface area contributed by atoms with Gasteiger partial charge in [0.15, 0.2) is 5.13 Å². The number of nitrogens with zero attached hydrogens (tertiary/aromatic N) is 2. The molecule has 1 aromatic carbocycles. The number of rotatable bonds is 6. The third-order valence-electron chi connectivity index (χ3n) is 3.34. The number of hydrogen-bond acceptors (Lipinski definition) is 5. The highest BCUT2D eigenvalue weighted by Gasteiger charge is 2.14. The van der Waals surface area contributed by atoms with Gasteiger partial charge < -0.3 is 15.0 Å². The standard InChI is InChI=1S/C16H23N3OS/c1-11-7-6-8-13(9-11)12(2)17-10-14-15(20-5)18-16(21-14)19(3)4/h6-9,12,17H,10H2,1-5H3/t12-/m1/s1. The predicted molar refractivity (Wildman–Crippen MR) is 89.4 cm³/mol.